The van der Waals surface area contributed by atoms with Gasteiger partial charge in [-0.05, 0) is 29.8 Å². The smallest absolute Gasteiger partial charge is 0.0999 e. The summed E-state index contributed by atoms with van der Waals surface area (Å²) in [6, 6.07) is 14.8. The molecule has 0 aliphatic heterocycles. The molecule has 3 heteroatoms. The van der Waals surface area contributed by atoms with E-state index in [0.29, 0.717) is 0 Å². The second kappa shape index (κ2) is 4.22. The summed E-state index contributed by atoms with van der Waals surface area (Å²) >= 11 is 0. The minimum Gasteiger partial charge on any atom is -0.284 e. The first-order valence-corrected chi connectivity index (χ1v) is 5.36. The summed E-state index contributed by atoms with van der Waals surface area (Å²) in [6.45, 7) is 0. The lowest BCUT2D eigenvalue weighted by Gasteiger charge is -2.01. The van der Waals surface area contributed by atoms with Crippen molar-refractivity contribution >= 4 is 0 Å². The average Bonchev–Trinajstić information content (AvgIpc) is 2.90. The maximum atomic E-state index is 4.30. The summed E-state index contributed by atoms with van der Waals surface area (Å²) in [4.78, 5) is 4.02. The monoisotopic (exact) mass is 220 g/mol. The van der Waals surface area contributed by atoms with Crippen LogP contribution < -0.4 is 0 Å². The molecule has 0 fully saturated rings. The molecule has 0 spiro atoms. The Labute approximate surface area is 99.2 Å². The summed E-state index contributed by atoms with van der Waals surface area (Å²) < 4.78 is 0. The molecule has 1 N–H and O–H groups in total. The Balaban J connectivity index is 2.13. The van der Waals surface area contributed by atoms with E-state index in [4.69, 9.17) is 0 Å². The van der Waals surface area contributed by atoms with Crippen LogP contribution in [-0.4, -0.2) is 15.2 Å². The number of rotatable bonds is 2. The third kappa shape index (κ3) is 1.83. The molecule has 3 rings (SSSR count). The van der Waals surface area contributed by atoms with E-state index in [0.717, 1.165) is 22.4 Å². The van der Waals surface area contributed by atoms with E-state index >= 15 is 0 Å². The number of pyridine rings is 1. The van der Waals surface area contributed by atoms with Crippen molar-refractivity contribution in [2.24, 2.45) is 0 Å². The first-order valence-electron chi connectivity index (χ1n) is 5.36. The maximum absolute atomic E-state index is 4.30. The Hall–Kier alpha value is -2.42. The van der Waals surface area contributed by atoms with Crippen molar-refractivity contribution in [2.75, 3.05) is 0 Å². The fourth-order valence-corrected chi connectivity index (χ4v) is 1.80. The topological polar surface area (TPSA) is 41.6 Å². The van der Waals surface area contributed by atoms with Crippen LogP contribution in [0.1, 0.15) is 0 Å². The fourth-order valence-electron chi connectivity index (χ4n) is 1.80. The molecule has 1 radical (unpaired) electrons. The number of aromatic nitrogens is 3. The number of hydrogen-bond donors (Lipinski definition) is 1. The van der Waals surface area contributed by atoms with Crippen LogP contribution in [0.5, 0.6) is 0 Å². The summed E-state index contributed by atoms with van der Waals surface area (Å²) in [6.07, 6.45) is 5.46. The molecule has 1 aromatic carbocycles. The molecule has 0 bridgehead atoms. The van der Waals surface area contributed by atoms with Gasteiger partial charge in [0, 0.05) is 29.7 Å². The van der Waals surface area contributed by atoms with E-state index in [-0.39, 0.29) is 0 Å². The molecule has 81 valence electrons. The van der Waals surface area contributed by atoms with Crippen LogP contribution in [0, 0.1) is 6.07 Å². The second-order valence-electron chi connectivity index (χ2n) is 3.68. The van der Waals surface area contributed by atoms with Crippen LogP contribution in [0.15, 0.2) is 55.0 Å². The lowest BCUT2D eigenvalue weighted by atomic mass is 10.0. The maximum Gasteiger partial charge on any atom is 0.0999 e. The molecule has 17 heavy (non-hydrogen) atoms. The van der Waals surface area contributed by atoms with Gasteiger partial charge >= 0.3 is 0 Å². The predicted molar refractivity (Wildman–Crippen MR) is 66.1 cm³/mol. The van der Waals surface area contributed by atoms with Gasteiger partial charge in [0.2, 0.25) is 0 Å². The first-order chi connectivity index (χ1) is 8.45. The molecule has 3 nitrogen and oxygen atoms in total. The molecule has 0 saturated carbocycles. The third-order valence-electron chi connectivity index (χ3n) is 2.61. The quantitative estimate of drug-likeness (QED) is 0.721. The summed E-state index contributed by atoms with van der Waals surface area (Å²) in [7, 11) is 0. The van der Waals surface area contributed by atoms with Crippen molar-refractivity contribution in [2.45, 2.75) is 0 Å². The van der Waals surface area contributed by atoms with Crippen LogP contribution in [0.3, 0.4) is 0 Å². The highest BCUT2D eigenvalue weighted by atomic mass is 15.1. The van der Waals surface area contributed by atoms with Gasteiger partial charge in [0.05, 0.1) is 5.69 Å². The Kier molecular flexibility index (Phi) is 2.43. The normalized spacial score (nSPS) is 10.4. The van der Waals surface area contributed by atoms with Crippen molar-refractivity contribution in [3.8, 4) is 22.4 Å². The lowest BCUT2D eigenvalue weighted by molar-refractivity contribution is 1.10. The molecule has 2 aromatic heterocycles. The molecule has 0 aliphatic rings. The zero-order valence-electron chi connectivity index (χ0n) is 9.09. The van der Waals surface area contributed by atoms with Gasteiger partial charge in [-0.3, -0.25) is 10.1 Å². The molecule has 0 atom stereocenters. The fraction of sp³-hybridized carbons (Fsp3) is 0. The highest BCUT2D eigenvalue weighted by Crippen LogP contribution is 2.29. The highest BCUT2D eigenvalue weighted by Gasteiger charge is 2.09. The van der Waals surface area contributed by atoms with Crippen molar-refractivity contribution in [3.63, 3.8) is 0 Å². The largest absolute Gasteiger partial charge is 0.284 e. The minimum atomic E-state index is 0.938. The van der Waals surface area contributed by atoms with E-state index in [1.54, 1.807) is 12.4 Å². The van der Waals surface area contributed by atoms with E-state index in [1.807, 2.05) is 42.6 Å². The first kappa shape index (κ1) is 9.78. The number of aromatic amines is 1. The van der Waals surface area contributed by atoms with Crippen LogP contribution >= 0.6 is 0 Å². The highest BCUT2D eigenvalue weighted by molar-refractivity contribution is 5.79. The Bertz CT molecular complexity index is 546. The van der Waals surface area contributed by atoms with Gasteiger partial charge in [0.15, 0.2) is 0 Å². The van der Waals surface area contributed by atoms with E-state index in [1.165, 1.54) is 0 Å². The average molecular weight is 220 g/mol. The Morgan fingerprint density at radius 3 is 2.71 bits per heavy atom. The minimum absolute atomic E-state index is 0.938. The van der Waals surface area contributed by atoms with E-state index < -0.39 is 0 Å². The van der Waals surface area contributed by atoms with Gasteiger partial charge in [-0.25, -0.2) is 0 Å². The van der Waals surface area contributed by atoms with Crippen molar-refractivity contribution in [3.05, 3.63) is 61.1 Å². The number of nitrogens with one attached hydrogen (secondary N) is 1. The van der Waals surface area contributed by atoms with Gasteiger partial charge in [-0.15, -0.1) is 0 Å². The van der Waals surface area contributed by atoms with Crippen LogP contribution in [0.2, 0.25) is 0 Å². The molecule has 0 unspecified atom stereocenters. The summed E-state index contributed by atoms with van der Waals surface area (Å²) in [5.41, 5.74) is 4.17. The van der Waals surface area contributed by atoms with Gasteiger partial charge in [0.1, 0.15) is 0 Å². The molecular weight excluding hydrogens is 210 g/mol. The molecule has 3 aromatic rings. The summed E-state index contributed by atoms with van der Waals surface area (Å²) in [5, 5.41) is 7.21. The SMILES string of the molecule is [c]1cccc(-c2n[nH]cc2-c2ccncc2)c1. The number of nitrogens with zero attached hydrogens (tertiary/aromatic N) is 2. The van der Waals surface area contributed by atoms with Crippen LogP contribution in [0.4, 0.5) is 0 Å². The number of H-pyrrole nitrogens is 1. The van der Waals surface area contributed by atoms with Gasteiger partial charge in [-0.2, -0.15) is 5.10 Å². The molecule has 0 amide bonds. The van der Waals surface area contributed by atoms with Crippen molar-refractivity contribution in [1.82, 2.24) is 15.2 Å². The zero-order valence-corrected chi connectivity index (χ0v) is 9.09. The Morgan fingerprint density at radius 2 is 1.94 bits per heavy atom. The second-order valence-corrected chi connectivity index (χ2v) is 3.68. The predicted octanol–water partition coefficient (Wildman–Crippen LogP) is 2.94. The van der Waals surface area contributed by atoms with Crippen LogP contribution in [0.25, 0.3) is 22.4 Å². The Morgan fingerprint density at radius 1 is 1.06 bits per heavy atom. The van der Waals surface area contributed by atoms with Gasteiger partial charge < -0.3 is 0 Å². The van der Waals surface area contributed by atoms with E-state index in [9.17, 15) is 0 Å². The molecule has 0 saturated heterocycles. The third-order valence-corrected chi connectivity index (χ3v) is 2.61. The van der Waals surface area contributed by atoms with Gasteiger partial charge in [0.25, 0.3) is 0 Å². The number of hydrogen-bond acceptors (Lipinski definition) is 2. The zero-order chi connectivity index (χ0) is 11.5. The lowest BCUT2D eigenvalue weighted by Crippen LogP contribution is -1.82. The van der Waals surface area contributed by atoms with Crippen LogP contribution in [-0.2, 0) is 0 Å². The molecule has 2 heterocycles. The molecule has 0 aliphatic carbocycles. The van der Waals surface area contributed by atoms with Crippen molar-refractivity contribution < 1.29 is 0 Å². The standard InChI is InChI=1S/C14H10N3/c1-2-4-12(5-3-1)14-13(10-16-17-14)11-6-8-15-9-7-11/h1-2,4-10H,(H,16,17). The van der Waals surface area contributed by atoms with Crippen molar-refractivity contribution in [1.29, 1.82) is 0 Å². The molecular formula is C14H10N3. The van der Waals surface area contributed by atoms with E-state index in [2.05, 4.69) is 21.2 Å². The summed E-state index contributed by atoms with van der Waals surface area (Å²) in [5.74, 6) is 0. The van der Waals surface area contributed by atoms with Gasteiger partial charge in [-0.1, -0.05) is 18.2 Å². The number of benzene rings is 1.